The minimum Gasteiger partial charge on any atom is -0.459 e. The van der Waals surface area contributed by atoms with E-state index < -0.39 is 10.8 Å². The first-order valence-electron chi connectivity index (χ1n) is 5.71. The van der Waals surface area contributed by atoms with E-state index in [0.29, 0.717) is 11.3 Å². The molecule has 1 heterocycles. The lowest BCUT2D eigenvalue weighted by Crippen LogP contribution is -2.18. The van der Waals surface area contributed by atoms with Crippen molar-refractivity contribution >= 4 is 17.3 Å². The summed E-state index contributed by atoms with van der Waals surface area (Å²) in [6.45, 7) is 1.64. The van der Waals surface area contributed by atoms with E-state index in [-0.39, 0.29) is 11.4 Å². The van der Waals surface area contributed by atoms with E-state index in [0.717, 1.165) is 0 Å². The van der Waals surface area contributed by atoms with Gasteiger partial charge in [0.2, 0.25) is 0 Å². The molecule has 0 unspecified atom stereocenters. The number of furan rings is 1. The molecule has 1 aromatic carbocycles. The smallest absolute Gasteiger partial charge is 0.307 e. The number of hydrogen-bond donors (Lipinski definition) is 1. The Morgan fingerprint density at radius 3 is 2.80 bits per heavy atom. The zero-order chi connectivity index (χ0) is 14.5. The van der Waals surface area contributed by atoms with Crippen molar-refractivity contribution in [2.45, 2.75) is 6.92 Å². The Balaban J connectivity index is 2.12. The summed E-state index contributed by atoms with van der Waals surface area (Å²) in [5.41, 5.74) is 3.29. The summed E-state index contributed by atoms with van der Waals surface area (Å²) in [6, 6.07) is 9.10. The van der Waals surface area contributed by atoms with Crippen molar-refractivity contribution < 1.29 is 14.1 Å². The Hall–Kier alpha value is -2.96. The van der Waals surface area contributed by atoms with Crippen LogP contribution in [0.15, 0.2) is 52.2 Å². The van der Waals surface area contributed by atoms with Crippen LogP contribution in [0.1, 0.15) is 23.0 Å². The molecule has 1 aromatic heterocycles. The topological polar surface area (TPSA) is 97.7 Å². The summed E-state index contributed by atoms with van der Waals surface area (Å²) in [6.07, 6.45) is 1.38. The normalized spacial score (nSPS) is 11.2. The van der Waals surface area contributed by atoms with Crippen LogP contribution in [0.25, 0.3) is 0 Å². The van der Waals surface area contributed by atoms with Gasteiger partial charge in [-0.3, -0.25) is 14.9 Å². The van der Waals surface area contributed by atoms with E-state index in [4.69, 9.17) is 4.42 Å². The van der Waals surface area contributed by atoms with Crippen molar-refractivity contribution in [3.8, 4) is 0 Å². The average Bonchev–Trinajstić information content (AvgIpc) is 2.98. The maximum absolute atomic E-state index is 11.6. The molecule has 2 aromatic rings. The molecule has 7 heteroatoms. The van der Waals surface area contributed by atoms with Crippen molar-refractivity contribution in [3.63, 3.8) is 0 Å². The fourth-order valence-electron chi connectivity index (χ4n) is 1.51. The number of benzene rings is 1. The molecule has 0 saturated carbocycles. The first-order valence-corrected chi connectivity index (χ1v) is 5.71. The molecular formula is C13H11N3O4. The van der Waals surface area contributed by atoms with Crippen LogP contribution >= 0.6 is 0 Å². The Kier molecular flexibility index (Phi) is 3.90. The number of carbonyl (C=O) groups excluding carboxylic acids is 1. The standard InChI is InChI=1S/C13H11N3O4/c1-9(10-4-2-5-11(8-10)16(18)19)14-15-13(17)12-6-3-7-20-12/h2-8H,1H3,(H,15,17)/b14-9+. The Morgan fingerprint density at radius 2 is 2.15 bits per heavy atom. The van der Waals surface area contributed by atoms with Gasteiger partial charge < -0.3 is 4.42 Å². The second-order valence-corrected chi connectivity index (χ2v) is 3.92. The van der Waals surface area contributed by atoms with E-state index in [1.54, 1.807) is 25.1 Å². The van der Waals surface area contributed by atoms with Crippen LogP contribution in [-0.2, 0) is 0 Å². The van der Waals surface area contributed by atoms with Gasteiger partial charge in [-0.05, 0) is 19.1 Å². The molecule has 0 bridgehead atoms. The van der Waals surface area contributed by atoms with E-state index in [1.807, 2.05) is 0 Å². The largest absolute Gasteiger partial charge is 0.459 e. The lowest BCUT2D eigenvalue weighted by Gasteiger charge is -2.01. The maximum Gasteiger partial charge on any atom is 0.307 e. The molecule has 0 saturated heterocycles. The minimum atomic E-state index is -0.488. The highest BCUT2D eigenvalue weighted by Crippen LogP contribution is 2.13. The molecule has 1 N–H and O–H groups in total. The number of nitrogens with one attached hydrogen (secondary N) is 1. The first-order chi connectivity index (χ1) is 9.58. The molecule has 7 nitrogen and oxygen atoms in total. The van der Waals surface area contributed by atoms with Gasteiger partial charge in [-0.25, -0.2) is 5.43 Å². The number of non-ortho nitro benzene ring substituents is 1. The van der Waals surface area contributed by atoms with E-state index >= 15 is 0 Å². The zero-order valence-electron chi connectivity index (χ0n) is 10.6. The fourth-order valence-corrected chi connectivity index (χ4v) is 1.51. The number of nitro benzene ring substituents is 1. The van der Waals surface area contributed by atoms with Crippen molar-refractivity contribution in [2.75, 3.05) is 0 Å². The molecule has 102 valence electrons. The van der Waals surface area contributed by atoms with Crippen LogP contribution in [0.4, 0.5) is 5.69 Å². The quantitative estimate of drug-likeness (QED) is 0.525. The summed E-state index contributed by atoms with van der Waals surface area (Å²) in [5.74, 6) is -0.347. The van der Waals surface area contributed by atoms with E-state index in [2.05, 4.69) is 10.5 Å². The lowest BCUT2D eigenvalue weighted by atomic mass is 10.1. The highest BCUT2D eigenvalue weighted by Gasteiger charge is 2.09. The highest BCUT2D eigenvalue weighted by molar-refractivity contribution is 6.00. The van der Waals surface area contributed by atoms with Gasteiger partial charge in [-0.1, -0.05) is 12.1 Å². The average molecular weight is 273 g/mol. The third-order valence-corrected chi connectivity index (χ3v) is 2.54. The third kappa shape index (κ3) is 3.08. The molecule has 0 radical (unpaired) electrons. The number of amides is 1. The van der Waals surface area contributed by atoms with E-state index in [9.17, 15) is 14.9 Å². The molecule has 0 spiro atoms. The van der Waals surface area contributed by atoms with Crippen LogP contribution in [0, 0.1) is 10.1 Å². The Bertz CT molecular complexity index is 662. The number of nitrogens with zero attached hydrogens (tertiary/aromatic N) is 2. The monoisotopic (exact) mass is 273 g/mol. The number of carbonyl (C=O) groups is 1. The molecule has 0 aliphatic rings. The molecule has 0 aliphatic heterocycles. The van der Waals surface area contributed by atoms with Gasteiger partial charge in [0, 0.05) is 17.7 Å². The highest BCUT2D eigenvalue weighted by atomic mass is 16.6. The number of nitro groups is 1. The van der Waals surface area contributed by atoms with Gasteiger partial charge in [0.05, 0.1) is 16.9 Å². The van der Waals surface area contributed by atoms with Crippen molar-refractivity contribution in [2.24, 2.45) is 5.10 Å². The summed E-state index contributed by atoms with van der Waals surface area (Å²) in [7, 11) is 0. The predicted molar refractivity (Wildman–Crippen MR) is 71.5 cm³/mol. The lowest BCUT2D eigenvalue weighted by molar-refractivity contribution is -0.384. The molecule has 0 fully saturated rings. The number of hydrogen-bond acceptors (Lipinski definition) is 5. The van der Waals surface area contributed by atoms with Crippen molar-refractivity contribution in [1.82, 2.24) is 5.43 Å². The van der Waals surface area contributed by atoms with Crippen LogP contribution in [0.5, 0.6) is 0 Å². The van der Waals surface area contributed by atoms with Crippen molar-refractivity contribution in [1.29, 1.82) is 0 Å². The van der Waals surface area contributed by atoms with Gasteiger partial charge in [0.1, 0.15) is 0 Å². The van der Waals surface area contributed by atoms with Gasteiger partial charge in [-0.2, -0.15) is 5.10 Å². The SMILES string of the molecule is C/C(=N\NC(=O)c1ccco1)c1cccc([N+](=O)[O-])c1. The van der Waals surface area contributed by atoms with Gasteiger partial charge in [0.25, 0.3) is 5.69 Å². The maximum atomic E-state index is 11.6. The fraction of sp³-hybridized carbons (Fsp3) is 0.0769. The van der Waals surface area contributed by atoms with Gasteiger partial charge in [0.15, 0.2) is 5.76 Å². The molecular weight excluding hydrogens is 262 g/mol. The summed E-state index contributed by atoms with van der Waals surface area (Å²) >= 11 is 0. The molecule has 20 heavy (non-hydrogen) atoms. The van der Waals surface area contributed by atoms with Crippen LogP contribution in [0.3, 0.4) is 0 Å². The summed E-state index contributed by atoms with van der Waals surface area (Å²) in [5, 5.41) is 14.6. The van der Waals surface area contributed by atoms with Gasteiger partial charge in [-0.15, -0.1) is 0 Å². The van der Waals surface area contributed by atoms with Crippen LogP contribution in [0.2, 0.25) is 0 Å². The second kappa shape index (κ2) is 5.79. The zero-order valence-corrected chi connectivity index (χ0v) is 10.6. The Morgan fingerprint density at radius 1 is 1.35 bits per heavy atom. The first kappa shape index (κ1) is 13.5. The predicted octanol–water partition coefficient (Wildman–Crippen LogP) is 2.34. The summed E-state index contributed by atoms with van der Waals surface area (Å²) in [4.78, 5) is 21.8. The van der Waals surface area contributed by atoms with Crippen molar-refractivity contribution in [3.05, 3.63) is 64.1 Å². The third-order valence-electron chi connectivity index (χ3n) is 2.54. The summed E-state index contributed by atoms with van der Waals surface area (Å²) < 4.78 is 4.91. The van der Waals surface area contributed by atoms with E-state index in [1.165, 1.54) is 24.5 Å². The van der Waals surface area contributed by atoms with Gasteiger partial charge >= 0.3 is 5.91 Å². The second-order valence-electron chi connectivity index (χ2n) is 3.92. The van der Waals surface area contributed by atoms with Crippen LogP contribution in [-0.4, -0.2) is 16.5 Å². The number of rotatable bonds is 4. The Labute approximate surface area is 114 Å². The molecule has 2 rings (SSSR count). The molecule has 1 amide bonds. The van der Waals surface area contributed by atoms with Crippen LogP contribution < -0.4 is 5.43 Å². The molecule has 0 aliphatic carbocycles. The molecule has 0 atom stereocenters. The number of hydrazone groups is 1. The minimum absolute atomic E-state index is 0.0330.